The third-order valence-corrected chi connectivity index (χ3v) is 5.13. The number of hydrogen-bond donors (Lipinski definition) is 1. The fourth-order valence-corrected chi connectivity index (χ4v) is 3.63. The van der Waals surface area contributed by atoms with Crippen LogP contribution in [-0.4, -0.2) is 0 Å². The molecule has 1 aliphatic carbocycles. The second-order valence-electron chi connectivity index (χ2n) is 6.92. The minimum Gasteiger partial charge on any atom is -0.321 e. The van der Waals surface area contributed by atoms with Gasteiger partial charge < -0.3 is 5.73 Å². The van der Waals surface area contributed by atoms with Gasteiger partial charge in [0, 0.05) is 15.6 Å². The van der Waals surface area contributed by atoms with E-state index in [4.69, 9.17) is 28.9 Å². The van der Waals surface area contributed by atoms with Crippen LogP contribution in [0.25, 0.3) is 0 Å². The van der Waals surface area contributed by atoms with Crippen LogP contribution in [0.15, 0.2) is 18.2 Å². The van der Waals surface area contributed by atoms with E-state index in [0.29, 0.717) is 10.4 Å². The average molecular weight is 300 g/mol. The second-order valence-corrected chi connectivity index (χ2v) is 7.76. The Morgan fingerprint density at radius 1 is 1.16 bits per heavy atom. The monoisotopic (exact) mass is 299 g/mol. The van der Waals surface area contributed by atoms with Crippen LogP contribution in [0.2, 0.25) is 10.0 Å². The average Bonchev–Trinajstić information content (AvgIpc) is 2.31. The lowest BCUT2D eigenvalue weighted by molar-refractivity contribution is 0.134. The van der Waals surface area contributed by atoms with E-state index < -0.39 is 0 Å². The molecule has 0 unspecified atom stereocenters. The third kappa shape index (κ3) is 3.26. The summed E-state index contributed by atoms with van der Waals surface area (Å²) >= 11 is 12.4. The summed E-state index contributed by atoms with van der Waals surface area (Å²) in [7, 11) is 0. The first-order chi connectivity index (χ1) is 8.72. The van der Waals surface area contributed by atoms with Crippen molar-refractivity contribution in [2.75, 3.05) is 0 Å². The van der Waals surface area contributed by atoms with E-state index in [1.54, 1.807) is 0 Å². The summed E-state index contributed by atoms with van der Waals surface area (Å²) in [5.74, 6) is 0.738. The molecule has 1 aliphatic rings. The SMILES string of the molecule is CC(C)(C)C1CCC(N)(c2cc(Cl)ccc2Cl)CC1. The van der Waals surface area contributed by atoms with Crippen molar-refractivity contribution >= 4 is 23.2 Å². The summed E-state index contributed by atoms with van der Waals surface area (Å²) in [5, 5.41) is 1.45. The molecule has 1 aromatic rings. The number of halogens is 2. The van der Waals surface area contributed by atoms with Crippen molar-refractivity contribution in [1.82, 2.24) is 0 Å². The van der Waals surface area contributed by atoms with Gasteiger partial charge in [-0.1, -0.05) is 44.0 Å². The molecule has 0 aromatic heterocycles. The third-order valence-electron chi connectivity index (χ3n) is 4.57. The second kappa shape index (κ2) is 5.27. The van der Waals surface area contributed by atoms with Gasteiger partial charge in [0.2, 0.25) is 0 Å². The van der Waals surface area contributed by atoms with Gasteiger partial charge in [0.05, 0.1) is 0 Å². The normalized spacial score (nSPS) is 28.4. The fourth-order valence-electron chi connectivity index (χ4n) is 3.15. The predicted octanol–water partition coefficient (Wildman–Crippen LogP) is 5.38. The van der Waals surface area contributed by atoms with Crippen molar-refractivity contribution in [3.8, 4) is 0 Å². The molecule has 0 heterocycles. The van der Waals surface area contributed by atoms with Crippen molar-refractivity contribution in [1.29, 1.82) is 0 Å². The van der Waals surface area contributed by atoms with Crippen molar-refractivity contribution in [2.24, 2.45) is 17.1 Å². The summed E-state index contributed by atoms with van der Waals surface area (Å²) in [4.78, 5) is 0. The molecular weight excluding hydrogens is 277 g/mol. The summed E-state index contributed by atoms with van der Waals surface area (Å²) in [5.41, 5.74) is 7.67. The first-order valence-corrected chi connectivity index (χ1v) is 7.72. The molecule has 106 valence electrons. The van der Waals surface area contributed by atoms with E-state index in [0.717, 1.165) is 42.2 Å². The Labute approximate surface area is 126 Å². The van der Waals surface area contributed by atoms with E-state index in [2.05, 4.69) is 20.8 Å². The highest BCUT2D eigenvalue weighted by atomic mass is 35.5. The van der Waals surface area contributed by atoms with Crippen LogP contribution in [0.1, 0.15) is 52.0 Å². The van der Waals surface area contributed by atoms with Crippen LogP contribution in [0, 0.1) is 11.3 Å². The van der Waals surface area contributed by atoms with Gasteiger partial charge in [-0.25, -0.2) is 0 Å². The van der Waals surface area contributed by atoms with Crippen LogP contribution in [-0.2, 0) is 5.54 Å². The fraction of sp³-hybridized carbons (Fsp3) is 0.625. The molecule has 2 rings (SSSR count). The van der Waals surface area contributed by atoms with E-state index in [1.165, 1.54) is 0 Å². The quantitative estimate of drug-likeness (QED) is 0.740. The van der Waals surface area contributed by atoms with Gasteiger partial charge in [-0.3, -0.25) is 0 Å². The largest absolute Gasteiger partial charge is 0.321 e. The topological polar surface area (TPSA) is 26.0 Å². The molecule has 1 aromatic carbocycles. The van der Waals surface area contributed by atoms with Crippen molar-refractivity contribution in [3.63, 3.8) is 0 Å². The number of benzene rings is 1. The van der Waals surface area contributed by atoms with Crippen LogP contribution < -0.4 is 5.73 Å². The molecule has 2 N–H and O–H groups in total. The molecule has 0 atom stereocenters. The van der Waals surface area contributed by atoms with Gasteiger partial charge in [-0.15, -0.1) is 0 Å². The summed E-state index contributed by atoms with van der Waals surface area (Å²) in [6.45, 7) is 6.94. The van der Waals surface area contributed by atoms with Crippen LogP contribution >= 0.6 is 23.2 Å². The first-order valence-electron chi connectivity index (χ1n) is 6.97. The minimum atomic E-state index is -0.316. The Kier molecular flexibility index (Phi) is 4.21. The standard InChI is InChI=1S/C16H23Cl2N/c1-15(2,3)11-6-8-16(19,9-7-11)13-10-12(17)4-5-14(13)18/h4-5,10-11H,6-9,19H2,1-3H3. The van der Waals surface area contributed by atoms with Crippen LogP contribution in [0.4, 0.5) is 0 Å². The van der Waals surface area contributed by atoms with Gasteiger partial charge in [-0.2, -0.15) is 0 Å². The zero-order valence-corrected chi connectivity index (χ0v) is 13.5. The van der Waals surface area contributed by atoms with Crippen LogP contribution in [0.5, 0.6) is 0 Å². The van der Waals surface area contributed by atoms with Crippen molar-refractivity contribution in [3.05, 3.63) is 33.8 Å². The molecule has 0 aliphatic heterocycles. The maximum absolute atomic E-state index is 6.61. The Balaban J connectivity index is 2.20. The molecule has 0 spiro atoms. The zero-order chi connectivity index (χ0) is 14.3. The van der Waals surface area contributed by atoms with Gasteiger partial charge in [0.15, 0.2) is 0 Å². The summed E-state index contributed by atoms with van der Waals surface area (Å²) < 4.78 is 0. The summed E-state index contributed by atoms with van der Waals surface area (Å²) in [6.07, 6.45) is 4.27. The van der Waals surface area contributed by atoms with Gasteiger partial charge >= 0.3 is 0 Å². The van der Waals surface area contributed by atoms with E-state index >= 15 is 0 Å². The van der Waals surface area contributed by atoms with E-state index in [9.17, 15) is 0 Å². The summed E-state index contributed by atoms with van der Waals surface area (Å²) in [6, 6.07) is 5.60. The molecule has 0 amide bonds. The minimum absolute atomic E-state index is 0.316. The molecule has 0 radical (unpaired) electrons. The molecule has 19 heavy (non-hydrogen) atoms. The molecule has 0 bridgehead atoms. The number of rotatable bonds is 1. The molecular formula is C16H23Cl2N. The molecule has 1 fully saturated rings. The highest BCUT2D eigenvalue weighted by molar-refractivity contribution is 6.33. The maximum atomic E-state index is 6.61. The van der Waals surface area contributed by atoms with E-state index in [1.807, 2.05) is 18.2 Å². The highest BCUT2D eigenvalue weighted by Crippen LogP contribution is 2.45. The zero-order valence-electron chi connectivity index (χ0n) is 12.0. The molecule has 0 saturated heterocycles. The van der Waals surface area contributed by atoms with E-state index in [-0.39, 0.29) is 5.54 Å². The van der Waals surface area contributed by atoms with Gasteiger partial charge in [0.25, 0.3) is 0 Å². The lowest BCUT2D eigenvalue weighted by atomic mass is 9.66. The molecule has 1 nitrogen and oxygen atoms in total. The Hall–Kier alpha value is -0.240. The number of hydrogen-bond acceptors (Lipinski definition) is 1. The Morgan fingerprint density at radius 3 is 2.26 bits per heavy atom. The highest BCUT2D eigenvalue weighted by Gasteiger charge is 2.38. The Bertz CT molecular complexity index is 454. The van der Waals surface area contributed by atoms with Crippen molar-refractivity contribution in [2.45, 2.75) is 52.0 Å². The number of nitrogens with two attached hydrogens (primary N) is 1. The lowest BCUT2D eigenvalue weighted by Crippen LogP contribution is -2.42. The lowest BCUT2D eigenvalue weighted by Gasteiger charge is -2.42. The van der Waals surface area contributed by atoms with Crippen molar-refractivity contribution < 1.29 is 0 Å². The predicted molar refractivity (Wildman–Crippen MR) is 83.7 cm³/mol. The van der Waals surface area contributed by atoms with Gasteiger partial charge in [0.1, 0.15) is 0 Å². The first kappa shape index (κ1) is 15.2. The smallest absolute Gasteiger partial charge is 0.0457 e. The van der Waals surface area contributed by atoms with Gasteiger partial charge in [-0.05, 0) is 60.8 Å². The molecule has 1 saturated carbocycles. The molecule has 3 heteroatoms. The Morgan fingerprint density at radius 2 is 1.74 bits per heavy atom. The van der Waals surface area contributed by atoms with Crippen LogP contribution in [0.3, 0.4) is 0 Å². The maximum Gasteiger partial charge on any atom is 0.0457 e.